The molecule has 1 aromatic rings. The maximum atomic E-state index is 12.6. The van der Waals surface area contributed by atoms with E-state index in [0.717, 1.165) is 5.56 Å². The highest BCUT2D eigenvalue weighted by atomic mass is 16.6. The number of ether oxygens (including phenoxy) is 2. The van der Waals surface area contributed by atoms with Crippen molar-refractivity contribution in [3.8, 4) is 0 Å². The Morgan fingerprint density at radius 2 is 1.72 bits per heavy atom. The molecular weight excluding hydrogens is 376 g/mol. The van der Waals surface area contributed by atoms with Crippen molar-refractivity contribution in [2.24, 2.45) is 0 Å². The first kappa shape index (κ1) is 22.5. The Kier molecular flexibility index (Phi) is 6.45. The van der Waals surface area contributed by atoms with Gasteiger partial charge in [0.05, 0.1) is 5.69 Å². The van der Waals surface area contributed by atoms with E-state index in [1.165, 1.54) is 4.90 Å². The van der Waals surface area contributed by atoms with Gasteiger partial charge in [-0.15, -0.1) is 0 Å². The molecule has 0 bridgehead atoms. The van der Waals surface area contributed by atoms with E-state index in [1.807, 2.05) is 12.1 Å². The van der Waals surface area contributed by atoms with Crippen LogP contribution in [0.2, 0.25) is 0 Å². The third kappa shape index (κ3) is 6.37. The number of para-hydroxylation sites is 1. The monoisotopic (exact) mass is 406 g/mol. The summed E-state index contributed by atoms with van der Waals surface area (Å²) in [7, 11) is 0. The first-order chi connectivity index (χ1) is 13.3. The lowest BCUT2D eigenvalue weighted by molar-refractivity contribution is -0.139. The van der Waals surface area contributed by atoms with Crippen molar-refractivity contribution in [1.82, 2.24) is 5.32 Å². The second-order valence-electron chi connectivity index (χ2n) is 9.05. The molecule has 1 heterocycles. The standard InChI is InChI=1S/C21H30N2O6/c1-20(2,3)28-18(26)22-15(17(24)25)12-14-9-7-8-13-10-11-23(16(13)14)19(27)29-21(4,5)6/h7-9,15H,10-12H2,1-6H3,(H,22,26)(H,24,25). The minimum absolute atomic E-state index is 0.0110. The van der Waals surface area contributed by atoms with E-state index in [9.17, 15) is 19.5 Å². The second-order valence-corrected chi connectivity index (χ2v) is 9.05. The molecular formula is C21H30N2O6. The van der Waals surface area contributed by atoms with Crippen LogP contribution in [-0.2, 0) is 27.1 Å². The lowest BCUT2D eigenvalue weighted by Crippen LogP contribution is -2.45. The van der Waals surface area contributed by atoms with Crippen LogP contribution in [0.25, 0.3) is 0 Å². The quantitative estimate of drug-likeness (QED) is 0.793. The minimum Gasteiger partial charge on any atom is -0.480 e. The van der Waals surface area contributed by atoms with Gasteiger partial charge in [-0.3, -0.25) is 4.90 Å². The summed E-state index contributed by atoms with van der Waals surface area (Å²) >= 11 is 0. The van der Waals surface area contributed by atoms with Crippen molar-refractivity contribution in [1.29, 1.82) is 0 Å². The van der Waals surface area contributed by atoms with Gasteiger partial charge in [-0.1, -0.05) is 18.2 Å². The Bertz CT molecular complexity index is 791. The summed E-state index contributed by atoms with van der Waals surface area (Å²) in [6, 6.07) is 4.28. The molecule has 1 unspecified atom stereocenters. The number of nitrogens with zero attached hydrogens (tertiary/aromatic N) is 1. The number of carboxylic acids is 1. The molecule has 8 heteroatoms. The molecule has 1 atom stereocenters. The molecule has 29 heavy (non-hydrogen) atoms. The summed E-state index contributed by atoms with van der Waals surface area (Å²) in [5.41, 5.74) is 0.855. The molecule has 0 aromatic heterocycles. The fraction of sp³-hybridized carbons (Fsp3) is 0.571. The topological polar surface area (TPSA) is 105 Å². The van der Waals surface area contributed by atoms with Crippen molar-refractivity contribution in [3.63, 3.8) is 0 Å². The number of carbonyl (C=O) groups excluding carboxylic acids is 2. The normalized spacial score (nSPS) is 14.8. The van der Waals surface area contributed by atoms with Crippen LogP contribution in [0.5, 0.6) is 0 Å². The number of anilines is 1. The Labute approximate surface area is 171 Å². The summed E-state index contributed by atoms with van der Waals surface area (Å²) in [6.45, 7) is 10.9. The van der Waals surface area contributed by atoms with Gasteiger partial charge in [-0.05, 0) is 59.1 Å². The number of rotatable bonds is 4. The van der Waals surface area contributed by atoms with Crippen LogP contribution in [0.3, 0.4) is 0 Å². The van der Waals surface area contributed by atoms with Crippen molar-refractivity contribution < 1.29 is 29.0 Å². The number of carboxylic acid groups (broad SMARTS) is 1. The van der Waals surface area contributed by atoms with Gasteiger partial charge in [0.1, 0.15) is 17.2 Å². The van der Waals surface area contributed by atoms with Crippen LogP contribution >= 0.6 is 0 Å². The molecule has 1 aliphatic heterocycles. The predicted octanol–water partition coefficient (Wildman–Crippen LogP) is 3.50. The number of nitrogens with one attached hydrogen (secondary N) is 1. The SMILES string of the molecule is CC(C)(C)OC(=O)NC(Cc1cccc2c1N(C(=O)OC(C)(C)C)CC2)C(=O)O. The van der Waals surface area contributed by atoms with Gasteiger partial charge in [0.15, 0.2) is 0 Å². The largest absolute Gasteiger partial charge is 0.480 e. The average molecular weight is 406 g/mol. The van der Waals surface area contributed by atoms with E-state index in [2.05, 4.69) is 5.32 Å². The number of aliphatic carboxylic acids is 1. The molecule has 8 nitrogen and oxygen atoms in total. The van der Waals surface area contributed by atoms with E-state index in [-0.39, 0.29) is 6.42 Å². The smallest absolute Gasteiger partial charge is 0.414 e. The number of hydrogen-bond acceptors (Lipinski definition) is 5. The molecule has 0 radical (unpaired) electrons. The van der Waals surface area contributed by atoms with Crippen molar-refractivity contribution in [2.75, 3.05) is 11.4 Å². The van der Waals surface area contributed by atoms with Crippen molar-refractivity contribution in [2.45, 2.75) is 71.6 Å². The first-order valence-electron chi connectivity index (χ1n) is 9.60. The van der Waals surface area contributed by atoms with Gasteiger partial charge >= 0.3 is 18.2 Å². The second kappa shape index (κ2) is 8.31. The van der Waals surface area contributed by atoms with E-state index in [0.29, 0.717) is 24.2 Å². The van der Waals surface area contributed by atoms with Crippen molar-refractivity contribution in [3.05, 3.63) is 29.3 Å². The third-order valence-corrected chi connectivity index (χ3v) is 4.10. The van der Waals surface area contributed by atoms with E-state index in [1.54, 1.807) is 47.6 Å². The lowest BCUT2D eigenvalue weighted by Gasteiger charge is -2.27. The minimum atomic E-state index is -1.20. The maximum Gasteiger partial charge on any atom is 0.414 e. The van der Waals surface area contributed by atoms with Crippen LogP contribution in [-0.4, -0.2) is 47.1 Å². The van der Waals surface area contributed by atoms with Crippen LogP contribution in [0.4, 0.5) is 15.3 Å². The molecule has 160 valence electrons. The molecule has 2 rings (SSSR count). The molecule has 2 amide bonds. The molecule has 1 aromatic carbocycles. The summed E-state index contributed by atoms with van der Waals surface area (Å²) in [5.74, 6) is -1.18. The van der Waals surface area contributed by atoms with Gasteiger partial charge in [0.2, 0.25) is 0 Å². The van der Waals surface area contributed by atoms with Gasteiger partial charge in [0.25, 0.3) is 0 Å². The van der Waals surface area contributed by atoms with Gasteiger partial charge in [-0.25, -0.2) is 14.4 Å². The Hall–Kier alpha value is -2.77. The summed E-state index contributed by atoms with van der Waals surface area (Å²) in [6.07, 6.45) is -0.617. The Morgan fingerprint density at radius 3 is 2.28 bits per heavy atom. The van der Waals surface area contributed by atoms with Gasteiger partial charge in [0, 0.05) is 13.0 Å². The number of fused-ring (bicyclic) bond motifs is 1. The molecule has 0 saturated carbocycles. The first-order valence-corrected chi connectivity index (χ1v) is 9.60. The van der Waals surface area contributed by atoms with E-state index in [4.69, 9.17) is 9.47 Å². The Balaban J connectivity index is 2.24. The van der Waals surface area contributed by atoms with Crippen molar-refractivity contribution >= 4 is 23.8 Å². The number of amides is 2. The third-order valence-electron chi connectivity index (χ3n) is 4.10. The van der Waals surface area contributed by atoms with E-state index < -0.39 is 35.4 Å². The zero-order valence-corrected chi connectivity index (χ0v) is 17.9. The van der Waals surface area contributed by atoms with Crippen LogP contribution in [0.1, 0.15) is 52.7 Å². The van der Waals surface area contributed by atoms with Gasteiger partial charge in [-0.2, -0.15) is 0 Å². The molecule has 0 fully saturated rings. The highest BCUT2D eigenvalue weighted by molar-refractivity contribution is 5.92. The maximum absolute atomic E-state index is 12.6. The lowest BCUT2D eigenvalue weighted by atomic mass is 10.0. The highest BCUT2D eigenvalue weighted by Crippen LogP contribution is 2.34. The summed E-state index contributed by atoms with van der Waals surface area (Å²) in [5, 5.41) is 12.0. The van der Waals surface area contributed by atoms with Gasteiger partial charge < -0.3 is 19.9 Å². The number of alkyl carbamates (subject to hydrolysis) is 1. The fourth-order valence-corrected chi connectivity index (χ4v) is 3.07. The molecule has 0 aliphatic carbocycles. The summed E-state index contributed by atoms with van der Waals surface area (Å²) < 4.78 is 10.7. The molecule has 1 aliphatic rings. The number of carbonyl (C=O) groups is 3. The number of hydrogen-bond donors (Lipinski definition) is 2. The van der Waals surface area contributed by atoms with Crippen LogP contribution in [0.15, 0.2) is 18.2 Å². The zero-order valence-electron chi connectivity index (χ0n) is 17.9. The average Bonchev–Trinajstić information content (AvgIpc) is 2.95. The molecule has 0 spiro atoms. The summed E-state index contributed by atoms with van der Waals surface area (Å²) in [4.78, 5) is 37.9. The van der Waals surface area contributed by atoms with Crippen LogP contribution in [0, 0.1) is 0 Å². The molecule has 2 N–H and O–H groups in total. The zero-order chi connectivity index (χ0) is 22.0. The highest BCUT2D eigenvalue weighted by Gasteiger charge is 2.33. The predicted molar refractivity (Wildman–Crippen MR) is 108 cm³/mol. The van der Waals surface area contributed by atoms with E-state index >= 15 is 0 Å². The Morgan fingerprint density at radius 1 is 1.10 bits per heavy atom. The fourth-order valence-electron chi connectivity index (χ4n) is 3.07. The van der Waals surface area contributed by atoms with Crippen LogP contribution < -0.4 is 10.2 Å². The molecule has 0 saturated heterocycles. The number of benzene rings is 1.